The maximum Gasteiger partial charge on any atom is 0.260 e. The van der Waals surface area contributed by atoms with Crippen LogP contribution in [-0.4, -0.2) is 65.1 Å². The summed E-state index contributed by atoms with van der Waals surface area (Å²) in [6.45, 7) is 4.11. The third kappa shape index (κ3) is 2.81. The van der Waals surface area contributed by atoms with Crippen molar-refractivity contribution in [2.75, 3.05) is 33.3 Å². The van der Waals surface area contributed by atoms with Gasteiger partial charge in [0.05, 0.1) is 6.61 Å². The van der Waals surface area contributed by atoms with E-state index < -0.39 is 0 Å². The molecule has 0 saturated carbocycles. The first-order valence-corrected chi connectivity index (χ1v) is 8.27. The summed E-state index contributed by atoms with van der Waals surface area (Å²) in [6, 6.07) is 3.52. The van der Waals surface area contributed by atoms with Crippen LogP contribution in [-0.2, 0) is 0 Å². The quantitative estimate of drug-likeness (QED) is 0.837. The van der Waals surface area contributed by atoms with E-state index >= 15 is 0 Å². The molecule has 126 valence electrons. The van der Waals surface area contributed by atoms with Gasteiger partial charge in [-0.15, -0.1) is 0 Å². The summed E-state index contributed by atoms with van der Waals surface area (Å²) in [5.74, 6) is -0.211. The van der Waals surface area contributed by atoms with Crippen LogP contribution in [0.2, 0.25) is 0 Å². The molecule has 23 heavy (non-hydrogen) atoms. The molecule has 1 aromatic heterocycles. The molecule has 2 saturated heterocycles. The van der Waals surface area contributed by atoms with E-state index in [1.165, 1.54) is 0 Å². The number of aromatic nitrogens is 1. The maximum atomic E-state index is 12.7. The standard InChI is InChI=1S/C17H25N3O3/c1-12-4-5-13(15(22)18-12)16(23)20-9-7-17(11-21)6-3-8-19(2)14(17)10-20/h4-5,14,21H,3,6-11H2,1-2H3,(H,18,22)/t14-,17-/m1/s1. The van der Waals surface area contributed by atoms with Gasteiger partial charge in [0.25, 0.3) is 11.5 Å². The first kappa shape index (κ1) is 16.2. The highest BCUT2D eigenvalue weighted by molar-refractivity contribution is 5.94. The molecular formula is C17H25N3O3. The summed E-state index contributed by atoms with van der Waals surface area (Å²) in [5.41, 5.74) is 0.511. The molecule has 3 rings (SSSR count). The summed E-state index contributed by atoms with van der Waals surface area (Å²) in [7, 11) is 2.06. The summed E-state index contributed by atoms with van der Waals surface area (Å²) in [5, 5.41) is 9.93. The number of carbonyl (C=O) groups is 1. The zero-order valence-electron chi connectivity index (χ0n) is 13.8. The van der Waals surface area contributed by atoms with E-state index in [0.29, 0.717) is 13.1 Å². The van der Waals surface area contributed by atoms with Crippen molar-refractivity contribution in [1.29, 1.82) is 0 Å². The third-order valence-corrected chi connectivity index (χ3v) is 5.59. The van der Waals surface area contributed by atoms with E-state index in [0.717, 1.165) is 31.5 Å². The van der Waals surface area contributed by atoms with Crippen molar-refractivity contribution in [2.24, 2.45) is 5.41 Å². The average molecular weight is 319 g/mol. The molecule has 6 nitrogen and oxygen atoms in total. The summed E-state index contributed by atoms with van der Waals surface area (Å²) < 4.78 is 0. The Bertz CT molecular complexity index is 657. The lowest BCUT2D eigenvalue weighted by Crippen LogP contribution is -2.62. The lowest BCUT2D eigenvalue weighted by molar-refractivity contribution is -0.0601. The average Bonchev–Trinajstić information content (AvgIpc) is 2.54. The molecule has 2 fully saturated rings. The molecule has 3 heterocycles. The second kappa shape index (κ2) is 6.09. The van der Waals surface area contributed by atoms with E-state index in [4.69, 9.17) is 0 Å². The van der Waals surface area contributed by atoms with Crippen molar-refractivity contribution in [2.45, 2.75) is 32.2 Å². The molecule has 2 aliphatic rings. The van der Waals surface area contributed by atoms with Gasteiger partial charge in [0.15, 0.2) is 0 Å². The molecule has 0 spiro atoms. The smallest absolute Gasteiger partial charge is 0.260 e. The van der Waals surface area contributed by atoms with Crippen LogP contribution in [0.5, 0.6) is 0 Å². The number of nitrogens with zero attached hydrogens (tertiary/aromatic N) is 2. The zero-order chi connectivity index (χ0) is 16.6. The number of likely N-dealkylation sites (tertiary alicyclic amines) is 2. The van der Waals surface area contributed by atoms with Gasteiger partial charge in [-0.25, -0.2) is 0 Å². The van der Waals surface area contributed by atoms with Crippen molar-refractivity contribution < 1.29 is 9.90 Å². The van der Waals surface area contributed by atoms with Gasteiger partial charge in [-0.05, 0) is 51.9 Å². The number of likely N-dealkylation sites (N-methyl/N-ethyl adjacent to an activating group) is 1. The number of fused-ring (bicyclic) bond motifs is 1. The Morgan fingerprint density at radius 1 is 1.39 bits per heavy atom. The third-order valence-electron chi connectivity index (χ3n) is 5.59. The Hall–Kier alpha value is -1.66. The number of aliphatic hydroxyl groups is 1. The number of pyridine rings is 1. The number of nitrogens with one attached hydrogen (secondary N) is 1. The first-order chi connectivity index (χ1) is 11.0. The van der Waals surface area contributed by atoms with Crippen LogP contribution >= 0.6 is 0 Å². The second-order valence-corrected chi connectivity index (χ2v) is 7.01. The second-order valence-electron chi connectivity index (χ2n) is 7.01. The van der Waals surface area contributed by atoms with Gasteiger partial charge in [-0.1, -0.05) is 0 Å². The monoisotopic (exact) mass is 319 g/mol. The molecule has 0 aromatic carbocycles. The largest absolute Gasteiger partial charge is 0.396 e. The molecule has 2 aliphatic heterocycles. The predicted octanol–water partition coefficient (Wildman–Crippen LogP) is 0.602. The van der Waals surface area contributed by atoms with Crippen molar-refractivity contribution in [3.63, 3.8) is 0 Å². The number of carbonyl (C=O) groups excluding carboxylic acids is 1. The van der Waals surface area contributed by atoms with Gasteiger partial charge in [0, 0.05) is 30.2 Å². The summed E-state index contributed by atoms with van der Waals surface area (Å²) >= 11 is 0. The van der Waals surface area contributed by atoms with Gasteiger partial charge in [0.2, 0.25) is 0 Å². The predicted molar refractivity (Wildman–Crippen MR) is 87.5 cm³/mol. The van der Waals surface area contributed by atoms with Crippen LogP contribution in [0.1, 0.15) is 35.3 Å². The van der Waals surface area contributed by atoms with Gasteiger partial charge in [-0.3, -0.25) is 9.59 Å². The Balaban J connectivity index is 1.83. The number of hydrogen-bond acceptors (Lipinski definition) is 4. The Labute approximate surface area is 136 Å². The van der Waals surface area contributed by atoms with E-state index in [1.54, 1.807) is 24.0 Å². The number of hydrogen-bond donors (Lipinski definition) is 2. The number of aryl methyl sites for hydroxylation is 1. The van der Waals surface area contributed by atoms with Crippen LogP contribution in [0.25, 0.3) is 0 Å². The first-order valence-electron chi connectivity index (χ1n) is 8.27. The highest BCUT2D eigenvalue weighted by Crippen LogP contribution is 2.41. The minimum atomic E-state index is -0.328. The molecule has 6 heteroatoms. The highest BCUT2D eigenvalue weighted by Gasteiger charge is 2.47. The maximum absolute atomic E-state index is 12.7. The molecule has 0 unspecified atom stereocenters. The van der Waals surface area contributed by atoms with Crippen LogP contribution in [0.4, 0.5) is 0 Å². The van der Waals surface area contributed by atoms with E-state index in [1.807, 2.05) is 0 Å². The molecule has 0 aliphatic carbocycles. The fourth-order valence-electron chi connectivity index (χ4n) is 4.11. The van der Waals surface area contributed by atoms with E-state index in [2.05, 4.69) is 16.9 Å². The van der Waals surface area contributed by atoms with Crippen molar-refractivity contribution in [1.82, 2.24) is 14.8 Å². The van der Waals surface area contributed by atoms with Gasteiger partial charge < -0.3 is 19.9 Å². The Morgan fingerprint density at radius 2 is 2.17 bits per heavy atom. The Morgan fingerprint density at radius 3 is 2.87 bits per heavy atom. The van der Waals surface area contributed by atoms with Gasteiger partial charge in [-0.2, -0.15) is 0 Å². The molecule has 0 bridgehead atoms. The summed E-state index contributed by atoms with van der Waals surface area (Å²) in [6.07, 6.45) is 2.87. The molecule has 1 amide bonds. The van der Waals surface area contributed by atoms with Crippen molar-refractivity contribution in [3.05, 3.63) is 33.7 Å². The number of rotatable bonds is 2. The number of H-pyrrole nitrogens is 1. The fraction of sp³-hybridized carbons (Fsp3) is 0.647. The number of aromatic amines is 1. The van der Waals surface area contributed by atoms with Gasteiger partial charge in [0.1, 0.15) is 5.56 Å². The minimum absolute atomic E-state index is 0.108. The van der Waals surface area contributed by atoms with Crippen molar-refractivity contribution >= 4 is 5.91 Å². The van der Waals surface area contributed by atoms with Crippen LogP contribution < -0.4 is 5.56 Å². The SMILES string of the molecule is Cc1ccc(C(=O)N2CC[C@@]3(CO)CCCN(C)[C@@H]3C2)c(=O)[nH]1. The Kier molecular flexibility index (Phi) is 4.29. The molecular weight excluding hydrogens is 294 g/mol. The molecule has 1 aromatic rings. The van der Waals surface area contributed by atoms with Crippen LogP contribution in [0, 0.1) is 12.3 Å². The number of aliphatic hydroxyl groups excluding tert-OH is 1. The number of amides is 1. The molecule has 2 N–H and O–H groups in total. The highest BCUT2D eigenvalue weighted by atomic mass is 16.3. The lowest BCUT2D eigenvalue weighted by Gasteiger charge is -2.53. The summed E-state index contributed by atoms with van der Waals surface area (Å²) in [4.78, 5) is 31.5. The zero-order valence-corrected chi connectivity index (χ0v) is 13.8. The topological polar surface area (TPSA) is 76.6 Å². The molecule has 0 radical (unpaired) electrons. The minimum Gasteiger partial charge on any atom is -0.396 e. The lowest BCUT2D eigenvalue weighted by atomic mass is 9.69. The molecule has 2 atom stereocenters. The normalized spacial score (nSPS) is 28.5. The van der Waals surface area contributed by atoms with Crippen LogP contribution in [0.15, 0.2) is 16.9 Å². The van der Waals surface area contributed by atoms with Crippen LogP contribution in [0.3, 0.4) is 0 Å². The van der Waals surface area contributed by atoms with E-state index in [-0.39, 0.29) is 35.1 Å². The van der Waals surface area contributed by atoms with E-state index in [9.17, 15) is 14.7 Å². The van der Waals surface area contributed by atoms with Gasteiger partial charge >= 0.3 is 0 Å². The van der Waals surface area contributed by atoms with Crippen molar-refractivity contribution in [3.8, 4) is 0 Å². The number of piperidine rings is 2. The fourth-order valence-corrected chi connectivity index (χ4v) is 4.11.